The molecule has 0 radical (unpaired) electrons. The molecule has 1 atom stereocenters. The Morgan fingerprint density at radius 2 is 1.89 bits per heavy atom. The van der Waals surface area contributed by atoms with Gasteiger partial charge in [0.1, 0.15) is 12.3 Å². The van der Waals surface area contributed by atoms with Crippen LogP contribution >= 0.6 is 0 Å². The molecule has 0 bridgehead atoms. The molecule has 2 aromatic carbocycles. The molecule has 2 aliphatic heterocycles. The fourth-order valence-corrected chi connectivity index (χ4v) is 4.57. The lowest BCUT2D eigenvalue weighted by Gasteiger charge is -2.31. The third-order valence-electron chi connectivity index (χ3n) is 6.57. The number of methoxy groups -OCH3 is 1. The number of hydrogen-bond donors (Lipinski definition) is 1. The lowest BCUT2D eigenvalue weighted by molar-refractivity contribution is -0.133. The zero-order valence-electron chi connectivity index (χ0n) is 21.9. The number of amides is 3. The molecular formula is C28H37N5O4. The Labute approximate surface area is 219 Å². The predicted molar refractivity (Wildman–Crippen MR) is 143 cm³/mol. The first-order chi connectivity index (χ1) is 17.9. The van der Waals surface area contributed by atoms with Crippen molar-refractivity contribution in [1.29, 1.82) is 0 Å². The van der Waals surface area contributed by atoms with E-state index in [-0.39, 0.29) is 30.6 Å². The van der Waals surface area contributed by atoms with Crippen LogP contribution < -0.4 is 10.1 Å². The highest BCUT2D eigenvalue weighted by Crippen LogP contribution is 2.33. The van der Waals surface area contributed by atoms with Gasteiger partial charge < -0.3 is 19.7 Å². The van der Waals surface area contributed by atoms with Crippen molar-refractivity contribution < 1.29 is 19.1 Å². The molecule has 0 spiro atoms. The fourth-order valence-electron chi connectivity index (χ4n) is 4.57. The van der Waals surface area contributed by atoms with Crippen LogP contribution in [0, 0.1) is 0 Å². The summed E-state index contributed by atoms with van der Waals surface area (Å²) in [6.07, 6.45) is 0.578. The molecular weight excluding hydrogens is 470 g/mol. The zero-order valence-corrected chi connectivity index (χ0v) is 21.9. The molecule has 2 aromatic rings. The quantitative estimate of drug-likeness (QED) is 0.564. The Morgan fingerprint density at radius 1 is 1.14 bits per heavy atom. The second-order valence-electron chi connectivity index (χ2n) is 9.63. The second-order valence-corrected chi connectivity index (χ2v) is 9.63. The molecule has 1 N–H and O–H groups in total. The van der Waals surface area contributed by atoms with Crippen molar-refractivity contribution in [3.63, 3.8) is 0 Å². The van der Waals surface area contributed by atoms with Gasteiger partial charge in [-0.15, -0.1) is 0 Å². The minimum absolute atomic E-state index is 0.0324. The molecule has 0 saturated carbocycles. The van der Waals surface area contributed by atoms with Crippen molar-refractivity contribution in [1.82, 2.24) is 20.1 Å². The van der Waals surface area contributed by atoms with Gasteiger partial charge in [-0.25, -0.2) is 9.80 Å². The molecule has 0 aromatic heterocycles. The van der Waals surface area contributed by atoms with Crippen LogP contribution in [0.2, 0.25) is 0 Å². The van der Waals surface area contributed by atoms with Gasteiger partial charge >= 0.3 is 6.03 Å². The number of carbonyl (C=O) groups excluding carboxylic acids is 2. The van der Waals surface area contributed by atoms with E-state index in [0.717, 1.165) is 35.7 Å². The van der Waals surface area contributed by atoms with Crippen molar-refractivity contribution in [2.45, 2.75) is 32.4 Å². The van der Waals surface area contributed by atoms with E-state index in [2.05, 4.69) is 10.2 Å². The van der Waals surface area contributed by atoms with Crippen LogP contribution in [-0.2, 0) is 9.53 Å². The highest BCUT2D eigenvalue weighted by molar-refractivity contribution is 6.03. The summed E-state index contributed by atoms with van der Waals surface area (Å²) in [5, 5.41) is 9.26. The Kier molecular flexibility index (Phi) is 9.14. The first-order valence-corrected chi connectivity index (χ1v) is 12.9. The van der Waals surface area contributed by atoms with Crippen LogP contribution in [0.15, 0.2) is 59.7 Å². The number of ether oxygens (including phenoxy) is 2. The Morgan fingerprint density at radius 3 is 2.59 bits per heavy atom. The van der Waals surface area contributed by atoms with E-state index < -0.39 is 0 Å². The summed E-state index contributed by atoms with van der Waals surface area (Å²) in [4.78, 5) is 30.6. The van der Waals surface area contributed by atoms with Crippen LogP contribution in [0.4, 0.5) is 4.79 Å². The summed E-state index contributed by atoms with van der Waals surface area (Å²) in [7, 11) is 1.63. The maximum absolute atomic E-state index is 13.7. The number of urea groups is 1. The lowest BCUT2D eigenvalue weighted by Crippen LogP contribution is -2.50. The largest absolute Gasteiger partial charge is 0.497 e. The highest BCUT2D eigenvalue weighted by Gasteiger charge is 2.34. The van der Waals surface area contributed by atoms with Crippen LogP contribution in [-0.4, -0.2) is 91.5 Å². The number of hydrogen-bond acceptors (Lipinski definition) is 6. The van der Waals surface area contributed by atoms with Gasteiger partial charge in [-0.05, 0) is 31.5 Å². The van der Waals surface area contributed by atoms with Crippen molar-refractivity contribution in [3.05, 3.63) is 65.7 Å². The summed E-state index contributed by atoms with van der Waals surface area (Å²) >= 11 is 0. The molecule has 198 valence electrons. The fraction of sp³-hybridized carbons (Fsp3) is 0.464. The number of benzene rings is 2. The van der Waals surface area contributed by atoms with Crippen LogP contribution in [0.1, 0.15) is 37.4 Å². The molecule has 9 heteroatoms. The molecule has 4 rings (SSSR count). The highest BCUT2D eigenvalue weighted by atomic mass is 16.5. The van der Waals surface area contributed by atoms with Crippen LogP contribution in [0.25, 0.3) is 0 Å². The summed E-state index contributed by atoms with van der Waals surface area (Å²) in [6, 6.07) is 17.1. The minimum Gasteiger partial charge on any atom is -0.497 e. The molecule has 9 nitrogen and oxygen atoms in total. The van der Waals surface area contributed by atoms with Gasteiger partial charge in [-0.1, -0.05) is 42.5 Å². The van der Waals surface area contributed by atoms with E-state index in [1.54, 1.807) is 17.0 Å². The van der Waals surface area contributed by atoms with Crippen LogP contribution in [0.5, 0.6) is 5.75 Å². The van der Waals surface area contributed by atoms with E-state index in [4.69, 9.17) is 14.6 Å². The predicted octanol–water partition coefficient (Wildman–Crippen LogP) is 3.13. The molecule has 37 heavy (non-hydrogen) atoms. The van der Waals surface area contributed by atoms with E-state index in [1.165, 1.54) is 0 Å². The van der Waals surface area contributed by atoms with Gasteiger partial charge in [-0.2, -0.15) is 5.10 Å². The monoisotopic (exact) mass is 507 g/mol. The first kappa shape index (κ1) is 26.6. The number of nitrogens with one attached hydrogen (secondary N) is 1. The third-order valence-corrected chi connectivity index (χ3v) is 6.57. The molecule has 0 aliphatic carbocycles. The maximum Gasteiger partial charge on any atom is 0.318 e. The Hall–Kier alpha value is -3.43. The standard InChI is InChI=1S/C28H37N5O4/c1-21(2)29-28(35)32(13-12-31-14-16-37-17-15-31)20-27(34)33-26(22-8-5-4-6-9-22)19-25(30-33)23-10-7-11-24(18-23)36-3/h4-11,18,21,26H,12-17,19-20H2,1-3H3,(H,29,35)/t26-/m0/s1. The first-order valence-electron chi connectivity index (χ1n) is 12.9. The Bertz CT molecular complexity index is 1080. The van der Waals surface area contributed by atoms with Crippen LogP contribution in [0.3, 0.4) is 0 Å². The Balaban J connectivity index is 1.55. The smallest absolute Gasteiger partial charge is 0.318 e. The summed E-state index contributed by atoms with van der Waals surface area (Å²) in [5.74, 6) is 0.522. The average Bonchev–Trinajstić information content (AvgIpc) is 3.37. The topological polar surface area (TPSA) is 86.7 Å². The molecule has 3 amide bonds. The third kappa shape index (κ3) is 7.08. The zero-order chi connectivity index (χ0) is 26.2. The summed E-state index contributed by atoms with van der Waals surface area (Å²) < 4.78 is 10.8. The van der Waals surface area contributed by atoms with Gasteiger partial charge in [0.2, 0.25) is 0 Å². The van der Waals surface area contributed by atoms with E-state index in [1.807, 2.05) is 68.4 Å². The van der Waals surface area contributed by atoms with Crippen molar-refractivity contribution >= 4 is 17.6 Å². The molecule has 2 aliphatic rings. The normalized spacial score (nSPS) is 18.0. The van der Waals surface area contributed by atoms with Crippen molar-refractivity contribution in [2.75, 3.05) is 53.0 Å². The van der Waals surface area contributed by atoms with Gasteiger partial charge in [-0.3, -0.25) is 9.69 Å². The number of morpholine rings is 1. The maximum atomic E-state index is 13.7. The SMILES string of the molecule is COc1cccc(C2=NN(C(=O)CN(CCN3CCOCC3)C(=O)NC(C)C)[C@H](c3ccccc3)C2)c1. The summed E-state index contributed by atoms with van der Waals surface area (Å²) in [6.45, 7) is 7.92. The van der Waals surface area contributed by atoms with E-state index >= 15 is 0 Å². The number of carbonyl (C=O) groups is 2. The lowest BCUT2D eigenvalue weighted by atomic mass is 9.98. The van der Waals surface area contributed by atoms with Gasteiger partial charge in [0.05, 0.1) is 32.1 Å². The number of rotatable bonds is 9. The number of nitrogens with zero attached hydrogens (tertiary/aromatic N) is 4. The van der Waals surface area contributed by atoms with E-state index in [9.17, 15) is 9.59 Å². The van der Waals surface area contributed by atoms with Gasteiger partial charge in [0.25, 0.3) is 5.91 Å². The molecule has 1 fully saturated rings. The van der Waals surface area contributed by atoms with E-state index in [0.29, 0.717) is 32.7 Å². The molecule has 2 heterocycles. The molecule has 0 unspecified atom stereocenters. The minimum atomic E-state index is -0.246. The number of hydrazone groups is 1. The second kappa shape index (κ2) is 12.7. The van der Waals surface area contributed by atoms with Gasteiger partial charge in [0.15, 0.2) is 0 Å². The van der Waals surface area contributed by atoms with Crippen molar-refractivity contribution in [2.24, 2.45) is 5.10 Å². The molecule has 1 saturated heterocycles. The average molecular weight is 508 g/mol. The van der Waals surface area contributed by atoms with Gasteiger partial charge in [0, 0.05) is 44.2 Å². The summed E-state index contributed by atoms with van der Waals surface area (Å²) in [5.41, 5.74) is 2.73. The van der Waals surface area contributed by atoms with Crippen molar-refractivity contribution in [3.8, 4) is 5.75 Å².